The molecule has 0 unspecified atom stereocenters. The van der Waals surface area contributed by atoms with Crippen LogP contribution in [0.15, 0.2) is 49.1 Å². The van der Waals surface area contributed by atoms with Crippen molar-refractivity contribution >= 4 is 10.9 Å². The minimum atomic E-state index is -0.381. The van der Waals surface area contributed by atoms with Gasteiger partial charge in [0.1, 0.15) is 0 Å². The summed E-state index contributed by atoms with van der Waals surface area (Å²) in [5.74, 6) is 0. The Bertz CT molecular complexity index is 747. The van der Waals surface area contributed by atoms with Gasteiger partial charge in [-0.2, -0.15) is 0 Å². The molecule has 0 amide bonds. The van der Waals surface area contributed by atoms with E-state index in [9.17, 15) is 0 Å². The second kappa shape index (κ2) is 5.30. The van der Waals surface area contributed by atoms with Gasteiger partial charge in [0.25, 0.3) is 0 Å². The van der Waals surface area contributed by atoms with Gasteiger partial charge in [0.2, 0.25) is 0 Å². The van der Waals surface area contributed by atoms with E-state index < -0.39 is 0 Å². The molecule has 0 spiro atoms. The first-order chi connectivity index (χ1) is 10.1. The van der Waals surface area contributed by atoms with Gasteiger partial charge in [0.15, 0.2) is 0 Å². The lowest BCUT2D eigenvalue weighted by atomic mass is 10.0. The Morgan fingerprint density at radius 2 is 2.00 bits per heavy atom. The predicted octanol–water partition coefficient (Wildman–Crippen LogP) is 2.87. The van der Waals surface area contributed by atoms with Crippen molar-refractivity contribution in [2.45, 2.75) is 32.4 Å². The van der Waals surface area contributed by atoms with Gasteiger partial charge in [-0.05, 0) is 31.9 Å². The van der Waals surface area contributed by atoms with E-state index >= 15 is 0 Å². The van der Waals surface area contributed by atoms with E-state index in [4.69, 9.17) is 5.73 Å². The molecule has 2 heterocycles. The van der Waals surface area contributed by atoms with Gasteiger partial charge in [0.05, 0.1) is 23.1 Å². The van der Waals surface area contributed by atoms with Crippen LogP contribution in [0.5, 0.6) is 0 Å². The highest BCUT2D eigenvalue weighted by molar-refractivity contribution is 5.81. The van der Waals surface area contributed by atoms with Gasteiger partial charge in [-0.15, -0.1) is 0 Å². The molecule has 2 aromatic heterocycles. The molecular formula is C17H20N4. The normalized spacial score (nSPS) is 12.0. The summed E-state index contributed by atoms with van der Waals surface area (Å²) in [4.78, 5) is 8.73. The van der Waals surface area contributed by atoms with E-state index in [0.717, 1.165) is 24.2 Å². The first-order valence-electron chi connectivity index (χ1n) is 7.18. The number of hydrogen-bond acceptors (Lipinski definition) is 3. The molecule has 3 rings (SSSR count). The molecule has 0 aliphatic carbocycles. The number of benzene rings is 1. The number of nitrogens with zero attached hydrogens (tertiary/aromatic N) is 3. The van der Waals surface area contributed by atoms with Crippen LogP contribution in [0, 0.1) is 0 Å². The summed E-state index contributed by atoms with van der Waals surface area (Å²) < 4.78 is 2.13. The molecule has 0 bridgehead atoms. The average molecular weight is 280 g/mol. The zero-order valence-corrected chi connectivity index (χ0v) is 12.5. The summed E-state index contributed by atoms with van der Waals surface area (Å²) in [5.41, 5.74) is 9.19. The van der Waals surface area contributed by atoms with E-state index in [0.29, 0.717) is 0 Å². The molecule has 4 heteroatoms. The average Bonchev–Trinajstić information content (AvgIpc) is 2.93. The fourth-order valence-corrected chi connectivity index (χ4v) is 2.65. The third kappa shape index (κ3) is 2.81. The lowest BCUT2D eigenvalue weighted by Crippen LogP contribution is -2.31. The molecular weight excluding hydrogens is 260 g/mol. The van der Waals surface area contributed by atoms with Crippen molar-refractivity contribution in [1.82, 2.24) is 14.5 Å². The summed E-state index contributed by atoms with van der Waals surface area (Å²) >= 11 is 0. The molecule has 0 saturated heterocycles. The Morgan fingerprint density at radius 1 is 1.19 bits per heavy atom. The lowest BCUT2D eigenvalue weighted by Gasteiger charge is -2.20. The second-order valence-electron chi connectivity index (χ2n) is 5.94. The van der Waals surface area contributed by atoms with Gasteiger partial charge in [0, 0.05) is 24.3 Å². The monoisotopic (exact) mass is 280 g/mol. The fraction of sp³-hybridized carbons (Fsp3) is 0.294. The molecule has 0 aliphatic rings. The SMILES string of the molecule is CC(C)(N)c1cncn1CCc1cccc2cccnc12. The maximum absolute atomic E-state index is 6.19. The van der Waals surface area contributed by atoms with Crippen LogP contribution < -0.4 is 5.73 Å². The number of para-hydroxylation sites is 1. The third-order valence-electron chi connectivity index (χ3n) is 3.71. The van der Waals surface area contributed by atoms with E-state index in [1.54, 1.807) is 0 Å². The summed E-state index contributed by atoms with van der Waals surface area (Å²) in [5, 5.41) is 1.18. The van der Waals surface area contributed by atoms with Crippen molar-refractivity contribution in [2.24, 2.45) is 5.73 Å². The lowest BCUT2D eigenvalue weighted by molar-refractivity contribution is 0.492. The first kappa shape index (κ1) is 13.8. The Labute approximate surface area is 124 Å². The molecule has 1 aromatic carbocycles. The van der Waals surface area contributed by atoms with Gasteiger partial charge < -0.3 is 10.3 Å². The van der Waals surface area contributed by atoms with Crippen molar-refractivity contribution in [3.63, 3.8) is 0 Å². The molecule has 21 heavy (non-hydrogen) atoms. The van der Waals surface area contributed by atoms with Crippen LogP contribution in [0.25, 0.3) is 10.9 Å². The molecule has 0 aliphatic heterocycles. The van der Waals surface area contributed by atoms with Crippen LogP contribution in [0.4, 0.5) is 0 Å². The number of aryl methyl sites for hydroxylation is 2. The van der Waals surface area contributed by atoms with Crippen molar-refractivity contribution in [2.75, 3.05) is 0 Å². The maximum atomic E-state index is 6.19. The zero-order chi connectivity index (χ0) is 14.9. The Balaban J connectivity index is 1.86. The Morgan fingerprint density at radius 3 is 2.81 bits per heavy atom. The topological polar surface area (TPSA) is 56.7 Å². The van der Waals surface area contributed by atoms with Crippen LogP contribution >= 0.6 is 0 Å². The van der Waals surface area contributed by atoms with Crippen molar-refractivity contribution < 1.29 is 0 Å². The van der Waals surface area contributed by atoms with E-state index in [-0.39, 0.29) is 5.54 Å². The van der Waals surface area contributed by atoms with Crippen LogP contribution in [-0.4, -0.2) is 14.5 Å². The standard InChI is InChI=1S/C17H20N4/c1-17(2,18)15-11-19-12-21(15)10-8-14-6-3-5-13-7-4-9-20-16(13)14/h3-7,9,11-12H,8,10,18H2,1-2H3. The van der Waals surface area contributed by atoms with E-state index in [1.807, 2.05) is 38.6 Å². The summed E-state index contributed by atoms with van der Waals surface area (Å²) in [6, 6.07) is 10.4. The third-order valence-corrected chi connectivity index (χ3v) is 3.71. The first-order valence-corrected chi connectivity index (χ1v) is 7.18. The van der Waals surface area contributed by atoms with Gasteiger partial charge >= 0.3 is 0 Å². The van der Waals surface area contributed by atoms with Crippen LogP contribution in [0.2, 0.25) is 0 Å². The summed E-state index contributed by atoms with van der Waals surface area (Å²) in [6.45, 7) is 4.85. The maximum Gasteiger partial charge on any atom is 0.0948 e. The molecule has 0 saturated carbocycles. The molecule has 3 aromatic rings. The number of aromatic nitrogens is 3. The Kier molecular flexibility index (Phi) is 3.47. The molecule has 2 N–H and O–H groups in total. The number of fused-ring (bicyclic) bond motifs is 1. The number of rotatable bonds is 4. The summed E-state index contributed by atoms with van der Waals surface area (Å²) in [7, 11) is 0. The highest BCUT2D eigenvalue weighted by Gasteiger charge is 2.18. The molecule has 0 atom stereocenters. The molecule has 4 nitrogen and oxygen atoms in total. The fourth-order valence-electron chi connectivity index (χ4n) is 2.65. The molecule has 0 radical (unpaired) electrons. The highest BCUT2D eigenvalue weighted by Crippen LogP contribution is 2.19. The smallest absolute Gasteiger partial charge is 0.0948 e. The Hall–Kier alpha value is -2.20. The number of imidazole rings is 1. The predicted molar refractivity (Wildman–Crippen MR) is 84.9 cm³/mol. The van der Waals surface area contributed by atoms with Gasteiger partial charge in [-0.1, -0.05) is 24.3 Å². The van der Waals surface area contributed by atoms with Crippen molar-refractivity contribution in [3.8, 4) is 0 Å². The summed E-state index contributed by atoms with van der Waals surface area (Å²) in [6.07, 6.45) is 6.45. The van der Waals surface area contributed by atoms with Gasteiger partial charge in [-0.3, -0.25) is 4.98 Å². The number of pyridine rings is 1. The quantitative estimate of drug-likeness (QED) is 0.799. The second-order valence-corrected chi connectivity index (χ2v) is 5.94. The largest absolute Gasteiger partial charge is 0.333 e. The van der Waals surface area contributed by atoms with Gasteiger partial charge in [-0.25, -0.2) is 4.98 Å². The van der Waals surface area contributed by atoms with Crippen LogP contribution in [0.3, 0.4) is 0 Å². The van der Waals surface area contributed by atoms with E-state index in [1.165, 1.54) is 10.9 Å². The number of nitrogens with two attached hydrogens (primary N) is 1. The van der Waals surface area contributed by atoms with Crippen LogP contribution in [-0.2, 0) is 18.5 Å². The molecule has 108 valence electrons. The zero-order valence-electron chi connectivity index (χ0n) is 12.5. The molecule has 0 fully saturated rings. The minimum absolute atomic E-state index is 0.381. The van der Waals surface area contributed by atoms with E-state index in [2.05, 4.69) is 38.8 Å². The highest BCUT2D eigenvalue weighted by atomic mass is 15.1. The van der Waals surface area contributed by atoms with Crippen LogP contribution in [0.1, 0.15) is 25.1 Å². The van der Waals surface area contributed by atoms with Crippen molar-refractivity contribution in [3.05, 3.63) is 60.3 Å². The van der Waals surface area contributed by atoms with Crippen molar-refractivity contribution in [1.29, 1.82) is 0 Å². The number of hydrogen-bond donors (Lipinski definition) is 1. The minimum Gasteiger partial charge on any atom is -0.333 e.